The number of hydrogen-bond donors (Lipinski definition) is 1. The number of ether oxygens (including phenoxy) is 1. The van der Waals surface area contributed by atoms with Crippen LogP contribution in [0.15, 0.2) is 24.3 Å². The van der Waals surface area contributed by atoms with Gasteiger partial charge in [0.25, 0.3) is 5.91 Å². The molecule has 1 N–H and O–H groups in total. The van der Waals surface area contributed by atoms with Gasteiger partial charge in [0.15, 0.2) is 0 Å². The summed E-state index contributed by atoms with van der Waals surface area (Å²) in [7, 11) is 1.31. The Morgan fingerprint density at radius 3 is 2.54 bits per heavy atom. The molecule has 136 valence electrons. The summed E-state index contributed by atoms with van der Waals surface area (Å²) in [5.74, 6) is -0.852. The average Bonchev–Trinajstić information content (AvgIpc) is 2.98. The molecule has 2 amide bonds. The van der Waals surface area contributed by atoms with E-state index in [1.54, 1.807) is 29.2 Å². The van der Waals surface area contributed by atoms with Gasteiger partial charge in [0.2, 0.25) is 5.91 Å². The van der Waals surface area contributed by atoms with Crippen molar-refractivity contribution in [3.8, 4) is 0 Å². The maximum atomic E-state index is 12.5. The van der Waals surface area contributed by atoms with Crippen LogP contribution < -0.4 is 5.32 Å². The lowest BCUT2D eigenvalue weighted by Crippen LogP contribution is -2.33. The highest BCUT2D eigenvalue weighted by molar-refractivity contribution is 7.17. The fourth-order valence-corrected chi connectivity index (χ4v) is 4.23. The molecule has 1 aliphatic heterocycles. The number of carbonyl (C=O) groups excluding carboxylic acids is 3. The maximum Gasteiger partial charge on any atom is 0.341 e. The predicted octanol–water partition coefficient (Wildman–Crippen LogP) is 3.35. The van der Waals surface area contributed by atoms with E-state index in [2.05, 4.69) is 5.32 Å². The minimum Gasteiger partial charge on any atom is -0.465 e. The molecule has 0 unspecified atom stereocenters. The van der Waals surface area contributed by atoms with Gasteiger partial charge in [-0.25, -0.2) is 4.79 Å². The summed E-state index contributed by atoms with van der Waals surface area (Å²) in [5, 5.41) is 3.77. The van der Waals surface area contributed by atoms with Gasteiger partial charge in [0.1, 0.15) is 5.00 Å². The molecule has 0 fully saturated rings. The van der Waals surface area contributed by atoms with E-state index in [-0.39, 0.29) is 11.8 Å². The molecule has 0 radical (unpaired) electrons. The van der Waals surface area contributed by atoms with Gasteiger partial charge in [0, 0.05) is 28.9 Å². The van der Waals surface area contributed by atoms with Crippen LogP contribution in [0.1, 0.15) is 38.1 Å². The lowest BCUT2D eigenvalue weighted by molar-refractivity contribution is -0.129. The molecule has 2 heterocycles. The third-order valence-corrected chi connectivity index (χ3v) is 5.61. The molecule has 0 bridgehead atoms. The van der Waals surface area contributed by atoms with Gasteiger partial charge in [-0.2, -0.15) is 0 Å². The number of carbonyl (C=O) groups is 3. The van der Waals surface area contributed by atoms with Crippen molar-refractivity contribution in [3.05, 3.63) is 50.9 Å². The van der Waals surface area contributed by atoms with Crippen molar-refractivity contribution in [2.45, 2.75) is 19.9 Å². The molecule has 26 heavy (non-hydrogen) atoms. The van der Waals surface area contributed by atoms with Crippen LogP contribution in [0, 0.1) is 0 Å². The molecule has 3 rings (SSSR count). The summed E-state index contributed by atoms with van der Waals surface area (Å²) in [4.78, 5) is 39.0. The van der Waals surface area contributed by atoms with Crippen molar-refractivity contribution in [2.75, 3.05) is 19.0 Å². The second-order valence-electron chi connectivity index (χ2n) is 5.85. The number of esters is 1. The Morgan fingerprint density at radius 1 is 1.23 bits per heavy atom. The van der Waals surface area contributed by atoms with Crippen molar-refractivity contribution < 1.29 is 19.1 Å². The number of benzene rings is 1. The molecule has 8 heteroatoms. The lowest BCUT2D eigenvalue weighted by Gasteiger charge is -2.25. The van der Waals surface area contributed by atoms with E-state index >= 15 is 0 Å². The third kappa shape index (κ3) is 3.59. The van der Waals surface area contributed by atoms with Crippen LogP contribution in [0.2, 0.25) is 5.02 Å². The van der Waals surface area contributed by atoms with Gasteiger partial charge >= 0.3 is 5.97 Å². The number of nitrogens with one attached hydrogen (secondary N) is 1. The summed E-state index contributed by atoms with van der Waals surface area (Å²) in [6, 6.07) is 6.48. The number of thiophene rings is 1. The van der Waals surface area contributed by atoms with Crippen LogP contribution in [0.4, 0.5) is 5.00 Å². The minimum absolute atomic E-state index is 0.0181. The monoisotopic (exact) mass is 392 g/mol. The number of hydrogen-bond acceptors (Lipinski definition) is 5. The van der Waals surface area contributed by atoms with Crippen molar-refractivity contribution in [3.63, 3.8) is 0 Å². The van der Waals surface area contributed by atoms with Crippen LogP contribution in [-0.4, -0.2) is 36.3 Å². The number of halogens is 1. The van der Waals surface area contributed by atoms with Gasteiger partial charge in [-0.05, 0) is 36.2 Å². The zero-order valence-corrected chi connectivity index (χ0v) is 15.9. The summed E-state index contributed by atoms with van der Waals surface area (Å²) in [5.41, 5.74) is 1.64. The fourth-order valence-electron chi connectivity index (χ4n) is 2.85. The Morgan fingerprint density at radius 2 is 1.92 bits per heavy atom. The summed E-state index contributed by atoms with van der Waals surface area (Å²) >= 11 is 7.15. The van der Waals surface area contributed by atoms with Gasteiger partial charge < -0.3 is 15.0 Å². The Balaban J connectivity index is 1.93. The van der Waals surface area contributed by atoms with Crippen LogP contribution >= 0.6 is 22.9 Å². The summed E-state index contributed by atoms with van der Waals surface area (Å²) in [6.45, 7) is 2.48. The average molecular weight is 393 g/mol. The Kier molecular flexibility index (Phi) is 5.29. The summed E-state index contributed by atoms with van der Waals surface area (Å²) in [6.07, 6.45) is 0.548. The zero-order chi connectivity index (χ0) is 18.8. The number of rotatable bonds is 3. The first kappa shape index (κ1) is 18.4. The first-order valence-corrected chi connectivity index (χ1v) is 9.15. The van der Waals surface area contributed by atoms with E-state index < -0.39 is 5.97 Å². The molecule has 1 aromatic heterocycles. The van der Waals surface area contributed by atoms with E-state index in [0.717, 1.165) is 10.4 Å². The first-order valence-electron chi connectivity index (χ1n) is 7.96. The second-order valence-corrected chi connectivity index (χ2v) is 7.39. The zero-order valence-electron chi connectivity index (χ0n) is 14.3. The van der Waals surface area contributed by atoms with Crippen LogP contribution in [-0.2, 0) is 22.5 Å². The molecule has 0 saturated heterocycles. The largest absolute Gasteiger partial charge is 0.465 e. The van der Waals surface area contributed by atoms with Crippen molar-refractivity contribution >= 4 is 45.7 Å². The number of methoxy groups -OCH3 is 1. The van der Waals surface area contributed by atoms with Crippen LogP contribution in [0.25, 0.3) is 0 Å². The van der Waals surface area contributed by atoms with E-state index in [1.165, 1.54) is 25.4 Å². The number of amides is 2. The Labute approximate surface area is 159 Å². The first-order chi connectivity index (χ1) is 12.4. The molecule has 1 aliphatic rings. The highest BCUT2D eigenvalue weighted by Crippen LogP contribution is 2.37. The Hall–Kier alpha value is -2.38. The minimum atomic E-state index is -0.495. The number of nitrogens with zero attached hydrogens (tertiary/aromatic N) is 1. The molecule has 0 aliphatic carbocycles. The predicted molar refractivity (Wildman–Crippen MR) is 99.9 cm³/mol. The standard InChI is InChI=1S/C18H17ClN2O4S/c1-10(22)21-8-7-13-14(9-21)26-17(15(13)18(24)25-2)20-16(23)11-3-5-12(19)6-4-11/h3-6H,7-9H2,1-2H3,(H,20,23). The van der Waals surface area contributed by atoms with Crippen molar-refractivity contribution in [1.82, 2.24) is 4.90 Å². The second kappa shape index (κ2) is 7.47. The van der Waals surface area contributed by atoms with Crippen molar-refractivity contribution in [1.29, 1.82) is 0 Å². The van der Waals surface area contributed by atoms with Crippen LogP contribution in [0.3, 0.4) is 0 Å². The topological polar surface area (TPSA) is 75.7 Å². The SMILES string of the molecule is COC(=O)c1c(NC(=O)c2ccc(Cl)cc2)sc2c1CCN(C(C)=O)C2. The highest BCUT2D eigenvalue weighted by Gasteiger charge is 2.30. The molecule has 2 aromatic rings. The summed E-state index contributed by atoms with van der Waals surface area (Å²) < 4.78 is 4.90. The van der Waals surface area contributed by atoms with Gasteiger partial charge in [0.05, 0.1) is 19.2 Å². The van der Waals surface area contributed by atoms with Gasteiger partial charge in [-0.3, -0.25) is 9.59 Å². The van der Waals surface area contributed by atoms with E-state index in [1.807, 2.05) is 0 Å². The molecule has 0 spiro atoms. The normalized spacial score (nSPS) is 13.1. The Bertz CT molecular complexity index is 876. The molecular formula is C18H17ClN2O4S. The fraction of sp³-hybridized carbons (Fsp3) is 0.278. The van der Waals surface area contributed by atoms with Gasteiger partial charge in [-0.15, -0.1) is 11.3 Å². The van der Waals surface area contributed by atoms with Crippen LogP contribution in [0.5, 0.6) is 0 Å². The molecule has 1 aromatic carbocycles. The van der Waals surface area contributed by atoms with E-state index in [0.29, 0.717) is 40.7 Å². The number of anilines is 1. The maximum absolute atomic E-state index is 12.5. The lowest BCUT2D eigenvalue weighted by atomic mass is 10.0. The molecule has 0 saturated carbocycles. The van der Waals surface area contributed by atoms with E-state index in [4.69, 9.17) is 16.3 Å². The number of fused-ring (bicyclic) bond motifs is 1. The third-order valence-electron chi connectivity index (χ3n) is 4.23. The molecular weight excluding hydrogens is 376 g/mol. The molecule has 0 atom stereocenters. The van der Waals surface area contributed by atoms with Gasteiger partial charge in [-0.1, -0.05) is 11.6 Å². The van der Waals surface area contributed by atoms with E-state index in [9.17, 15) is 14.4 Å². The van der Waals surface area contributed by atoms with Crippen molar-refractivity contribution in [2.24, 2.45) is 0 Å². The molecule has 6 nitrogen and oxygen atoms in total. The quantitative estimate of drug-likeness (QED) is 0.813. The highest BCUT2D eigenvalue weighted by atomic mass is 35.5. The smallest absolute Gasteiger partial charge is 0.341 e.